The SMILES string of the molecule is CCC(O)c1ccc(N(CC2CC2)C(C)C)cn1. The van der Waals surface area contributed by atoms with Crippen molar-refractivity contribution >= 4 is 5.69 Å². The molecule has 100 valence electrons. The minimum absolute atomic E-state index is 0.435. The Bertz CT molecular complexity index is 371. The van der Waals surface area contributed by atoms with Crippen LogP contribution in [0.15, 0.2) is 18.3 Å². The molecule has 1 N–H and O–H groups in total. The van der Waals surface area contributed by atoms with Gasteiger partial charge in [-0.15, -0.1) is 0 Å². The molecule has 2 rings (SSSR count). The van der Waals surface area contributed by atoms with Gasteiger partial charge in [0.15, 0.2) is 0 Å². The molecule has 0 aliphatic heterocycles. The van der Waals surface area contributed by atoms with Gasteiger partial charge in [-0.1, -0.05) is 6.92 Å². The third-order valence-corrected chi connectivity index (χ3v) is 3.61. The van der Waals surface area contributed by atoms with E-state index in [0.29, 0.717) is 12.5 Å². The van der Waals surface area contributed by atoms with Crippen molar-refractivity contribution < 1.29 is 5.11 Å². The molecule has 1 saturated carbocycles. The van der Waals surface area contributed by atoms with Crippen molar-refractivity contribution in [2.75, 3.05) is 11.4 Å². The molecule has 1 fully saturated rings. The Labute approximate surface area is 110 Å². The Morgan fingerprint density at radius 1 is 1.39 bits per heavy atom. The fourth-order valence-corrected chi connectivity index (χ4v) is 2.17. The lowest BCUT2D eigenvalue weighted by Crippen LogP contribution is -2.32. The lowest BCUT2D eigenvalue weighted by molar-refractivity contribution is 0.169. The smallest absolute Gasteiger partial charge is 0.0957 e. The van der Waals surface area contributed by atoms with E-state index in [9.17, 15) is 5.11 Å². The molecule has 3 heteroatoms. The van der Waals surface area contributed by atoms with Crippen molar-refractivity contribution in [1.82, 2.24) is 4.98 Å². The highest BCUT2D eigenvalue weighted by Crippen LogP contribution is 2.32. The fourth-order valence-electron chi connectivity index (χ4n) is 2.17. The molecule has 0 aromatic carbocycles. The van der Waals surface area contributed by atoms with Crippen LogP contribution in [-0.4, -0.2) is 22.7 Å². The van der Waals surface area contributed by atoms with Gasteiger partial charge in [-0.3, -0.25) is 4.98 Å². The summed E-state index contributed by atoms with van der Waals surface area (Å²) in [6.45, 7) is 7.54. The van der Waals surface area contributed by atoms with Gasteiger partial charge in [0.05, 0.1) is 23.7 Å². The van der Waals surface area contributed by atoms with E-state index in [4.69, 9.17) is 0 Å². The van der Waals surface area contributed by atoms with Gasteiger partial charge in [0.2, 0.25) is 0 Å². The van der Waals surface area contributed by atoms with Crippen molar-refractivity contribution in [3.05, 3.63) is 24.0 Å². The monoisotopic (exact) mass is 248 g/mol. The van der Waals surface area contributed by atoms with Crippen LogP contribution < -0.4 is 4.90 Å². The number of hydrogen-bond acceptors (Lipinski definition) is 3. The molecule has 1 atom stereocenters. The van der Waals surface area contributed by atoms with Crippen molar-refractivity contribution in [3.8, 4) is 0 Å². The second kappa shape index (κ2) is 5.70. The summed E-state index contributed by atoms with van der Waals surface area (Å²) in [5.74, 6) is 0.869. The zero-order chi connectivity index (χ0) is 13.1. The van der Waals surface area contributed by atoms with Crippen LogP contribution in [0.2, 0.25) is 0 Å². The van der Waals surface area contributed by atoms with E-state index in [2.05, 4.69) is 29.8 Å². The van der Waals surface area contributed by atoms with E-state index in [1.54, 1.807) is 0 Å². The van der Waals surface area contributed by atoms with Crippen molar-refractivity contribution in [2.24, 2.45) is 5.92 Å². The van der Waals surface area contributed by atoms with Gasteiger partial charge in [0, 0.05) is 12.6 Å². The minimum atomic E-state index is -0.435. The molecule has 1 aliphatic carbocycles. The highest BCUT2D eigenvalue weighted by molar-refractivity contribution is 5.45. The summed E-state index contributed by atoms with van der Waals surface area (Å²) in [5, 5.41) is 9.75. The Morgan fingerprint density at radius 3 is 2.56 bits per heavy atom. The van der Waals surface area contributed by atoms with Crippen LogP contribution in [0, 0.1) is 5.92 Å². The zero-order valence-electron chi connectivity index (χ0n) is 11.6. The maximum absolute atomic E-state index is 9.75. The Hall–Kier alpha value is -1.09. The number of aliphatic hydroxyl groups is 1. The van der Waals surface area contributed by atoms with Crippen LogP contribution in [0.5, 0.6) is 0 Å². The van der Waals surface area contributed by atoms with Gasteiger partial charge in [0.1, 0.15) is 0 Å². The molecule has 1 aromatic rings. The summed E-state index contributed by atoms with van der Waals surface area (Å²) in [6, 6.07) is 4.53. The standard InChI is InChI=1S/C15H24N2O/c1-4-15(18)14-8-7-13(9-16-14)17(11(2)3)10-12-5-6-12/h7-9,11-12,15,18H,4-6,10H2,1-3H3. The maximum Gasteiger partial charge on any atom is 0.0957 e. The summed E-state index contributed by atoms with van der Waals surface area (Å²) in [7, 11) is 0. The zero-order valence-corrected chi connectivity index (χ0v) is 11.6. The van der Waals surface area contributed by atoms with Crippen molar-refractivity contribution in [1.29, 1.82) is 0 Å². The number of hydrogen-bond donors (Lipinski definition) is 1. The third-order valence-electron chi connectivity index (χ3n) is 3.61. The van der Waals surface area contributed by atoms with E-state index in [1.165, 1.54) is 18.5 Å². The Balaban J connectivity index is 2.09. The van der Waals surface area contributed by atoms with Crippen molar-refractivity contribution in [3.63, 3.8) is 0 Å². The molecular formula is C15H24N2O. The highest BCUT2D eigenvalue weighted by Gasteiger charge is 2.25. The lowest BCUT2D eigenvalue weighted by atomic mass is 10.1. The minimum Gasteiger partial charge on any atom is -0.387 e. The van der Waals surface area contributed by atoms with Gasteiger partial charge in [-0.2, -0.15) is 0 Å². The highest BCUT2D eigenvalue weighted by atomic mass is 16.3. The molecule has 1 unspecified atom stereocenters. The number of anilines is 1. The predicted molar refractivity (Wildman–Crippen MR) is 74.7 cm³/mol. The predicted octanol–water partition coefficient (Wildman–Crippen LogP) is 3.15. The second-order valence-electron chi connectivity index (χ2n) is 5.55. The summed E-state index contributed by atoms with van der Waals surface area (Å²) >= 11 is 0. The third kappa shape index (κ3) is 3.22. The molecule has 1 aliphatic rings. The van der Waals surface area contributed by atoms with Crippen LogP contribution in [0.1, 0.15) is 51.8 Å². The summed E-state index contributed by atoms with van der Waals surface area (Å²) < 4.78 is 0. The molecular weight excluding hydrogens is 224 g/mol. The molecule has 3 nitrogen and oxygen atoms in total. The first kappa shape index (κ1) is 13.3. The Morgan fingerprint density at radius 2 is 2.11 bits per heavy atom. The quantitative estimate of drug-likeness (QED) is 0.840. The van der Waals surface area contributed by atoms with Gasteiger partial charge in [0.25, 0.3) is 0 Å². The van der Waals surface area contributed by atoms with Crippen molar-refractivity contribution in [2.45, 2.75) is 52.2 Å². The largest absolute Gasteiger partial charge is 0.387 e. The van der Waals surface area contributed by atoms with Crippen LogP contribution in [-0.2, 0) is 0 Å². The first-order valence-electron chi connectivity index (χ1n) is 7.02. The van der Waals surface area contributed by atoms with E-state index in [1.807, 2.05) is 19.2 Å². The van der Waals surface area contributed by atoms with Gasteiger partial charge < -0.3 is 10.0 Å². The molecule has 0 spiro atoms. The van der Waals surface area contributed by atoms with Gasteiger partial charge in [-0.25, -0.2) is 0 Å². The second-order valence-corrected chi connectivity index (χ2v) is 5.55. The summed E-state index contributed by atoms with van der Waals surface area (Å²) in [4.78, 5) is 6.80. The maximum atomic E-state index is 9.75. The fraction of sp³-hybridized carbons (Fsp3) is 0.667. The van der Waals surface area contributed by atoms with Crippen LogP contribution in [0.4, 0.5) is 5.69 Å². The van der Waals surface area contributed by atoms with Crippen LogP contribution in [0.25, 0.3) is 0 Å². The summed E-state index contributed by atoms with van der Waals surface area (Å²) in [5.41, 5.74) is 1.94. The van der Waals surface area contributed by atoms with E-state index >= 15 is 0 Å². The average molecular weight is 248 g/mol. The normalized spacial score (nSPS) is 16.9. The van der Waals surface area contributed by atoms with E-state index < -0.39 is 6.10 Å². The van der Waals surface area contributed by atoms with Gasteiger partial charge in [-0.05, 0) is 51.2 Å². The molecule has 0 amide bonds. The molecule has 1 aromatic heterocycles. The number of aliphatic hydroxyl groups excluding tert-OH is 1. The number of aromatic nitrogens is 1. The van der Waals surface area contributed by atoms with Crippen LogP contribution >= 0.6 is 0 Å². The first-order valence-corrected chi connectivity index (χ1v) is 7.02. The number of nitrogens with zero attached hydrogens (tertiary/aromatic N) is 2. The number of pyridine rings is 1. The van der Waals surface area contributed by atoms with E-state index in [0.717, 1.165) is 18.2 Å². The lowest BCUT2D eigenvalue weighted by Gasteiger charge is -2.29. The topological polar surface area (TPSA) is 36.4 Å². The first-order chi connectivity index (χ1) is 8.61. The molecule has 0 saturated heterocycles. The van der Waals surface area contributed by atoms with Crippen LogP contribution in [0.3, 0.4) is 0 Å². The molecule has 0 radical (unpaired) electrons. The average Bonchev–Trinajstić information content (AvgIpc) is 3.19. The molecule has 18 heavy (non-hydrogen) atoms. The van der Waals surface area contributed by atoms with E-state index in [-0.39, 0.29) is 0 Å². The Kier molecular flexibility index (Phi) is 4.23. The van der Waals surface area contributed by atoms with Gasteiger partial charge >= 0.3 is 0 Å². The summed E-state index contributed by atoms with van der Waals surface area (Å²) in [6.07, 6.45) is 4.90. The number of rotatable bonds is 6. The molecule has 0 bridgehead atoms. The molecule has 1 heterocycles.